The van der Waals surface area contributed by atoms with E-state index in [4.69, 9.17) is 9.47 Å². The Hall–Kier alpha value is -9.11. The predicted octanol–water partition coefficient (Wildman–Crippen LogP) is 8.10. The molecule has 0 bridgehead atoms. The monoisotopic (exact) mass is 912 g/mol. The lowest BCUT2D eigenvalue weighted by Crippen LogP contribution is -2.23. The molecule has 6 aromatic carbocycles. The Labute approximate surface area is 390 Å². The largest absolute Gasteiger partial charge is 0.454 e. The van der Waals surface area contributed by atoms with Gasteiger partial charge in [0, 0.05) is 46.4 Å². The van der Waals surface area contributed by atoms with E-state index in [0.717, 1.165) is 34.5 Å². The van der Waals surface area contributed by atoms with Crippen LogP contribution in [-0.4, -0.2) is 73.2 Å². The van der Waals surface area contributed by atoms with Crippen molar-refractivity contribution in [3.63, 3.8) is 0 Å². The van der Waals surface area contributed by atoms with Crippen LogP contribution in [-0.2, 0) is 19.1 Å². The molecule has 0 spiro atoms. The molecule has 68 heavy (non-hydrogen) atoms. The van der Waals surface area contributed by atoms with E-state index in [2.05, 4.69) is 34.4 Å². The Morgan fingerprint density at radius 1 is 0.456 bits per heavy atom. The first kappa shape index (κ1) is 48.3. The van der Waals surface area contributed by atoms with Crippen LogP contribution in [0.15, 0.2) is 146 Å². The lowest BCUT2D eigenvalue weighted by atomic mass is 9.95. The number of hydrogen-bond donors (Lipinski definition) is 4. The molecule has 0 unspecified atom stereocenters. The molecule has 0 aliphatic heterocycles. The number of benzene rings is 6. The molecule has 0 heterocycles. The van der Waals surface area contributed by atoms with E-state index in [0.29, 0.717) is 16.9 Å². The van der Waals surface area contributed by atoms with Gasteiger partial charge in [0.05, 0.1) is 22.3 Å². The molecule has 6 aromatic rings. The van der Waals surface area contributed by atoms with Crippen LogP contribution in [0.3, 0.4) is 0 Å². The van der Waals surface area contributed by atoms with Gasteiger partial charge in [0.25, 0.3) is 23.6 Å². The number of carbonyl (C=O) groups is 9. The zero-order chi connectivity index (χ0) is 49.2. The van der Waals surface area contributed by atoms with Gasteiger partial charge in [0.15, 0.2) is 30.6 Å². The molecule has 0 radical (unpaired) electrons. The molecule has 0 aliphatic rings. The number of hydrogen-bond acceptors (Lipinski definition) is 11. The van der Waals surface area contributed by atoms with Gasteiger partial charge in [-0.25, -0.2) is 9.59 Å². The van der Waals surface area contributed by atoms with Crippen molar-refractivity contribution in [2.45, 2.75) is 20.8 Å². The highest BCUT2D eigenvalue weighted by Gasteiger charge is 2.25. The van der Waals surface area contributed by atoms with Crippen LogP contribution in [0.4, 0.5) is 17.1 Å². The van der Waals surface area contributed by atoms with E-state index in [1.165, 1.54) is 63.4 Å². The third-order valence-corrected chi connectivity index (χ3v) is 10.4. The molecule has 0 saturated heterocycles. The normalized spacial score (nSPS) is 10.5. The molecule has 0 saturated carbocycles. The van der Waals surface area contributed by atoms with E-state index in [9.17, 15) is 43.2 Å². The number of ketones is 3. The second-order valence-corrected chi connectivity index (χ2v) is 15.6. The Balaban J connectivity index is 1.22. The Morgan fingerprint density at radius 3 is 1.37 bits per heavy atom. The van der Waals surface area contributed by atoms with Gasteiger partial charge in [-0.1, -0.05) is 61.2 Å². The van der Waals surface area contributed by atoms with Crippen molar-refractivity contribution in [3.8, 4) is 0 Å². The number of amides is 4. The summed E-state index contributed by atoms with van der Waals surface area (Å²) in [4.78, 5) is 118. The molecule has 0 aliphatic carbocycles. The van der Waals surface area contributed by atoms with Crippen LogP contribution in [0.5, 0.6) is 0 Å². The maximum absolute atomic E-state index is 14.0. The fraction of sp³-hybridized carbons (Fsp3) is 0.113. The van der Waals surface area contributed by atoms with Crippen molar-refractivity contribution in [1.29, 1.82) is 0 Å². The highest BCUT2D eigenvalue weighted by molar-refractivity contribution is 6.17. The quantitative estimate of drug-likeness (QED) is 0.0389. The maximum Gasteiger partial charge on any atom is 0.339 e. The van der Waals surface area contributed by atoms with Gasteiger partial charge < -0.3 is 30.7 Å². The summed E-state index contributed by atoms with van der Waals surface area (Å²) in [6.07, 6.45) is 0. The number of ether oxygens (including phenoxy) is 2. The highest BCUT2D eigenvalue weighted by atomic mass is 16.5. The fourth-order valence-corrected chi connectivity index (χ4v) is 6.60. The van der Waals surface area contributed by atoms with Crippen molar-refractivity contribution in [1.82, 2.24) is 5.32 Å². The SMILES string of the molecule is C=C(C)C(=O)COC(=O)c1ccc(C(=O)c2ccc(C(=O)OCC(=O)C(=C)C)c(C(=O)Nc3cccc(C(=O)Nc4ccc5cc(NC(=O)c6cccc(C)c6)ccc5c4)c3)c2)cc1C(=O)NC. The third kappa shape index (κ3) is 11.8. The number of nitrogens with one attached hydrogen (secondary N) is 4. The van der Waals surface area contributed by atoms with Gasteiger partial charge in [-0.05, 0) is 122 Å². The molecule has 6 rings (SSSR count). The van der Waals surface area contributed by atoms with E-state index in [1.54, 1.807) is 36.4 Å². The fourth-order valence-electron chi connectivity index (χ4n) is 6.60. The number of esters is 2. The van der Waals surface area contributed by atoms with E-state index in [1.807, 2.05) is 31.2 Å². The molecule has 0 aromatic heterocycles. The number of Topliss-reactive ketones (excluding diaryl/α,β-unsaturated/α-hetero) is 2. The second kappa shape index (κ2) is 21.3. The average molecular weight is 913 g/mol. The summed E-state index contributed by atoms with van der Waals surface area (Å²) < 4.78 is 10.3. The molecule has 4 N–H and O–H groups in total. The van der Waals surface area contributed by atoms with Crippen LogP contribution in [0.1, 0.15) is 97.5 Å². The summed E-state index contributed by atoms with van der Waals surface area (Å²) in [5.74, 6) is -6.29. The molecule has 0 fully saturated rings. The van der Waals surface area contributed by atoms with Gasteiger partial charge in [0.1, 0.15) is 0 Å². The molecule has 342 valence electrons. The molecule has 15 nitrogen and oxygen atoms in total. The van der Waals surface area contributed by atoms with E-state index in [-0.39, 0.29) is 61.7 Å². The highest BCUT2D eigenvalue weighted by Crippen LogP contribution is 2.26. The van der Waals surface area contributed by atoms with Crippen LogP contribution >= 0.6 is 0 Å². The lowest BCUT2D eigenvalue weighted by molar-refractivity contribution is -0.119. The zero-order valence-corrected chi connectivity index (χ0v) is 37.4. The minimum atomic E-state index is -1.06. The topological polar surface area (TPSA) is 220 Å². The van der Waals surface area contributed by atoms with Gasteiger partial charge >= 0.3 is 11.9 Å². The smallest absolute Gasteiger partial charge is 0.339 e. The van der Waals surface area contributed by atoms with Crippen molar-refractivity contribution in [3.05, 3.63) is 196 Å². The summed E-state index contributed by atoms with van der Waals surface area (Å²) in [6, 6.07) is 30.9. The molecule has 4 amide bonds. The number of rotatable bonds is 17. The minimum absolute atomic E-state index is 0.0934. The van der Waals surface area contributed by atoms with Gasteiger partial charge in [-0.2, -0.15) is 0 Å². The van der Waals surface area contributed by atoms with Crippen molar-refractivity contribution in [2.75, 3.05) is 36.2 Å². The zero-order valence-electron chi connectivity index (χ0n) is 37.4. The third-order valence-electron chi connectivity index (χ3n) is 10.4. The van der Waals surface area contributed by atoms with Crippen molar-refractivity contribution in [2.24, 2.45) is 0 Å². The number of anilines is 3. The second-order valence-electron chi connectivity index (χ2n) is 15.6. The lowest BCUT2D eigenvalue weighted by Gasteiger charge is -2.14. The number of fused-ring (bicyclic) bond motifs is 1. The molecular weight excluding hydrogens is 869 g/mol. The number of aryl methyl sites for hydroxylation is 1. The summed E-state index contributed by atoms with van der Waals surface area (Å²) in [7, 11) is 1.31. The summed E-state index contributed by atoms with van der Waals surface area (Å²) in [5.41, 5.74) is 1.79. The van der Waals surface area contributed by atoms with E-state index < -0.39 is 60.2 Å². The van der Waals surface area contributed by atoms with Crippen molar-refractivity contribution < 1.29 is 52.6 Å². The van der Waals surface area contributed by atoms with Gasteiger partial charge in [-0.3, -0.25) is 33.6 Å². The Morgan fingerprint density at radius 2 is 0.897 bits per heavy atom. The molecule has 0 atom stereocenters. The standard InChI is InChI=1S/C53H44N4O11/c1-29(2)45(58)27-67-52(65)41-19-15-34(25-43(41)50(63)54-6)47(60)35-16-20-42(53(66)68-28-46(59)30(3)4)44(26-35)51(64)57-38-12-8-11-37(24-38)49(62)56-40-18-14-32-22-39(17-13-33(32)23-40)55-48(61)36-10-7-9-31(5)21-36/h7-26H,1,3,27-28H2,2,4-6H3,(H,54,63)(H,55,61)(H,56,62)(H,57,64). The van der Waals surface area contributed by atoms with E-state index >= 15 is 0 Å². The predicted molar refractivity (Wildman–Crippen MR) is 255 cm³/mol. The van der Waals surface area contributed by atoms with Crippen LogP contribution in [0.25, 0.3) is 10.8 Å². The molecule has 15 heteroatoms. The van der Waals surface area contributed by atoms with Crippen LogP contribution in [0.2, 0.25) is 0 Å². The first-order valence-electron chi connectivity index (χ1n) is 20.8. The average Bonchev–Trinajstić information content (AvgIpc) is 3.33. The Bertz CT molecular complexity index is 3130. The first-order chi connectivity index (χ1) is 32.4. The number of carbonyl (C=O) groups excluding carboxylic acids is 9. The van der Waals surface area contributed by atoms with Crippen LogP contribution < -0.4 is 21.3 Å². The first-order valence-corrected chi connectivity index (χ1v) is 20.8. The maximum atomic E-state index is 14.0. The minimum Gasteiger partial charge on any atom is -0.454 e. The molecular formula is C53H44N4O11. The van der Waals surface area contributed by atoms with Gasteiger partial charge in [-0.15, -0.1) is 0 Å². The van der Waals surface area contributed by atoms with Crippen LogP contribution in [0, 0.1) is 6.92 Å². The summed E-state index contributed by atoms with van der Waals surface area (Å²) >= 11 is 0. The van der Waals surface area contributed by atoms with Crippen molar-refractivity contribution >= 4 is 80.8 Å². The summed E-state index contributed by atoms with van der Waals surface area (Å²) in [5, 5.41) is 12.4. The summed E-state index contributed by atoms with van der Waals surface area (Å²) in [6.45, 7) is 10.6. The Kier molecular flexibility index (Phi) is 15.1. The van der Waals surface area contributed by atoms with Gasteiger partial charge in [0.2, 0.25) is 0 Å².